The SMILES string of the molecule is Cc1cc(Br)cc(C(O)C(Cl)Cl)c1F. The molecule has 1 atom stereocenters. The Morgan fingerprint density at radius 3 is 2.50 bits per heavy atom. The van der Waals surface area contributed by atoms with Crippen molar-refractivity contribution in [1.82, 2.24) is 0 Å². The van der Waals surface area contributed by atoms with E-state index in [2.05, 4.69) is 15.9 Å². The summed E-state index contributed by atoms with van der Waals surface area (Å²) in [5, 5.41) is 9.50. The third-order valence-electron chi connectivity index (χ3n) is 1.80. The number of alkyl halides is 2. The van der Waals surface area contributed by atoms with Crippen LogP contribution in [-0.2, 0) is 0 Å². The summed E-state index contributed by atoms with van der Waals surface area (Å²) in [7, 11) is 0. The van der Waals surface area contributed by atoms with Crippen molar-refractivity contribution in [3.63, 3.8) is 0 Å². The highest BCUT2D eigenvalue weighted by Gasteiger charge is 2.21. The summed E-state index contributed by atoms with van der Waals surface area (Å²) in [6.07, 6.45) is -1.21. The number of rotatable bonds is 2. The molecule has 1 rings (SSSR count). The van der Waals surface area contributed by atoms with Crippen molar-refractivity contribution in [2.75, 3.05) is 0 Å². The number of aryl methyl sites for hydroxylation is 1. The first-order valence-corrected chi connectivity index (χ1v) is 5.52. The van der Waals surface area contributed by atoms with Crippen LogP contribution in [-0.4, -0.2) is 9.94 Å². The molecule has 5 heteroatoms. The van der Waals surface area contributed by atoms with E-state index in [1.54, 1.807) is 13.0 Å². The van der Waals surface area contributed by atoms with E-state index < -0.39 is 16.8 Å². The van der Waals surface area contributed by atoms with Crippen LogP contribution in [0.3, 0.4) is 0 Å². The van der Waals surface area contributed by atoms with Gasteiger partial charge in [0.1, 0.15) is 16.8 Å². The first-order chi connectivity index (χ1) is 6.43. The van der Waals surface area contributed by atoms with E-state index in [0.29, 0.717) is 10.0 Å². The lowest BCUT2D eigenvalue weighted by molar-refractivity contribution is 0.187. The highest BCUT2D eigenvalue weighted by molar-refractivity contribution is 9.10. The molecule has 0 saturated heterocycles. The van der Waals surface area contributed by atoms with Crippen LogP contribution in [0.2, 0.25) is 0 Å². The van der Waals surface area contributed by atoms with E-state index in [1.807, 2.05) is 0 Å². The molecular formula is C9H8BrCl2FO. The van der Waals surface area contributed by atoms with Crippen LogP contribution in [0.4, 0.5) is 4.39 Å². The van der Waals surface area contributed by atoms with Gasteiger partial charge in [-0.05, 0) is 24.6 Å². The van der Waals surface area contributed by atoms with Crippen LogP contribution in [0.1, 0.15) is 17.2 Å². The number of hydrogen-bond acceptors (Lipinski definition) is 1. The second-order valence-corrected chi connectivity index (χ2v) is 4.98. The van der Waals surface area contributed by atoms with Crippen LogP contribution in [0.25, 0.3) is 0 Å². The average molecular weight is 302 g/mol. The van der Waals surface area contributed by atoms with Gasteiger partial charge in [-0.2, -0.15) is 0 Å². The third-order valence-corrected chi connectivity index (χ3v) is 2.74. The van der Waals surface area contributed by atoms with Crippen LogP contribution in [0.15, 0.2) is 16.6 Å². The Bertz CT molecular complexity index is 344. The molecule has 0 radical (unpaired) electrons. The van der Waals surface area contributed by atoms with Crippen molar-refractivity contribution >= 4 is 39.1 Å². The molecule has 1 aromatic carbocycles. The Kier molecular flexibility index (Phi) is 4.19. The lowest BCUT2D eigenvalue weighted by Gasteiger charge is -2.14. The zero-order valence-corrected chi connectivity index (χ0v) is 10.4. The van der Waals surface area contributed by atoms with Crippen molar-refractivity contribution in [2.45, 2.75) is 17.9 Å². The summed E-state index contributed by atoms with van der Waals surface area (Å²) < 4.78 is 14.2. The van der Waals surface area contributed by atoms with Crippen molar-refractivity contribution in [3.8, 4) is 0 Å². The van der Waals surface area contributed by atoms with Gasteiger partial charge in [-0.15, -0.1) is 23.2 Å². The lowest BCUT2D eigenvalue weighted by atomic mass is 10.1. The molecule has 1 N–H and O–H groups in total. The smallest absolute Gasteiger partial charge is 0.137 e. The summed E-state index contributed by atoms with van der Waals surface area (Å²) in [4.78, 5) is -1.04. The van der Waals surface area contributed by atoms with Gasteiger partial charge >= 0.3 is 0 Å². The minimum absolute atomic E-state index is 0.104. The predicted octanol–water partition coefficient (Wildman–Crippen LogP) is 3.73. The Labute approximate surface area is 100.0 Å². The first-order valence-electron chi connectivity index (χ1n) is 3.85. The van der Waals surface area contributed by atoms with Gasteiger partial charge in [-0.25, -0.2) is 4.39 Å². The normalized spacial score (nSPS) is 13.4. The molecule has 78 valence electrons. The number of aliphatic hydroxyl groups excluding tert-OH is 1. The summed E-state index contributed by atoms with van der Waals surface area (Å²) >= 11 is 14.1. The fraction of sp³-hybridized carbons (Fsp3) is 0.333. The Hall–Kier alpha value is 0.170. The summed E-state index contributed by atoms with van der Waals surface area (Å²) in [5.41, 5.74) is 0.536. The Morgan fingerprint density at radius 2 is 2.00 bits per heavy atom. The maximum atomic E-state index is 13.5. The molecule has 0 spiro atoms. The summed E-state index contributed by atoms with van der Waals surface area (Å²) in [6.45, 7) is 1.60. The molecule has 0 aliphatic rings. The molecule has 14 heavy (non-hydrogen) atoms. The van der Waals surface area contributed by atoms with E-state index in [4.69, 9.17) is 23.2 Å². The van der Waals surface area contributed by atoms with Crippen molar-refractivity contribution in [3.05, 3.63) is 33.5 Å². The quantitative estimate of drug-likeness (QED) is 0.825. The molecular weight excluding hydrogens is 294 g/mol. The molecule has 0 fully saturated rings. The van der Waals surface area contributed by atoms with Gasteiger partial charge in [0.05, 0.1) is 0 Å². The van der Waals surface area contributed by atoms with Crippen molar-refractivity contribution in [2.24, 2.45) is 0 Å². The standard InChI is InChI=1S/C9H8BrCl2FO/c1-4-2-5(10)3-6(7(4)13)8(14)9(11)12/h2-3,8-9,14H,1H3. The fourth-order valence-electron chi connectivity index (χ4n) is 1.10. The molecule has 0 aliphatic heterocycles. The van der Waals surface area contributed by atoms with Crippen molar-refractivity contribution in [1.29, 1.82) is 0 Å². The van der Waals surface area contributed by atoms with Gasteiger partial charge in [0.15, 0.2) is 0 Å². The molecule has 1 aromatic rings. The molecule has 0 aromatic heterocycles. The highest BCUT2D eigenvalue weighted by Crippen LogP contribution is 2.29. The minimum atomic E-state index is -1.21. The van der Waals surface area contributed by atoms with E-state index in [0.717, 1.165) is 0 Å². The molecule has 1 nitrogen and oxygen atoms in total. The van der Waals surface area contributed by atoms with Gasteiger partial charge in [0, 0.05) is 10.0 Å². The van der Waals surface area contributed by atoms with E-state index in [1.165, 1.54) is 6.07 Å². The molecule has 0 aliphatic carbocycles. The third kappa shape index (κ3) is 2.60. The highest BCUT2D eigenvalue weighted by atomic mass is 79.9. The second-order valence-electron chi connectivity index (χ2n) is 2.91. The topological polar surface area (TPSA) is 20.2 Å². The molecule has 1 unspecified atom stereocenters. The number of aliphatic hydroxyl groups is 1. The Balaban J connectivity index is 3.20. The molecule has 0 heterocycles. The van der Waals surface area contributed by atoms with Gasteiger partial charge in [-0.3, -0.25) is 0 Å². The minimum Gasteiger partial charge on any atom is -0.385 e. The van der Waals surface area contributed by atoms with Gasteiger partial charge in [0.2, 0.25) is 0 Å². The van der Waals surface area contributed by atoms with E-state index in [9.17, 15) is 9.50 Å². The lowest BCUT2D eigenvalue weighted by Crippen LogP contribution is -2.09. The van der Waals surface area contributed by atoms with Gasteiger partial charge in [0.25, 0.3) is 0 Å². The maximum absolute atomic E-state index is 13.5. The zero-order valence-electron chi connectivity index (χ0n) is 7.27. The molecule has 0 saturated carbocycles. The monoisotopic (exact) mass is 300 g/mol. The largest absolute Gasteiger partial charge is 0.385 e. The fourth-order valence-corrected chi connectivity index (χ4v) is 1.96. The Morgan fingerprint density at radius 1 is 1.43 bits per heavy atom. The van der Waals surface area contributed by atoms with Crippen LogP contribution < -0.4 is 0 Å². The average Bonchev–Trinajstić information content (AvgIpc) is 2.09. The van der Waals surface area contributed by atoms with Crippen LogP contribution >= 0.6 is 39.1 Å². The maximum Gasteiger partial charge on any atom is 0.137 e. The summed E-state index contributed by atoms with van der Waals surface area (Å²) in [5.74, 6) is -0.480. The zero-order chi connectivity index (χ0) is 10.9. The number of hydrogen-bond donors (Lipinski definition) is 1. The van der Waals surface area contributed by atoms with Crippen LogP contribution in [0.5, 0.6) is 0 Å². The van der Waals surface area contributed by atoms with Gasteiger partial charge in [-0.1, -0.05) is 15.9 Å². The second kappa shape index (κ2) is 4.79. The predicted molar refractivity (Wildman–Crippen MR) is 59.3 cm³/mol. The molecule has 0 bridgehead atoms. The van der Waals surface area contributed by atoms with Crippen molar-refractivity contribution < 1.29 is 9.50 Å². The number of halogens is 4. The number of benzene rings is 1. The summed E-state index contributed by atoms with van der Waals surface area (Å²) in [6, 6.07) is 3.08. The van der Waals surface area contributed by atoms with Gasteiger partial charge < -0.3 is 5.11 Å². The van der Waals surface area contributed by atoms with Crippen LogP contribution in [0, 0.1) is 12.7 Å². The van der Waals surface area contributed by atoms with E-state index in [-0.39, 0.29) is 5.56 Å². The van der Waals surface area contributed by atoms with E-state index >= 15 is 0 Å². The molecule has 0 amide bonds. The first kappa shape index (κ1) is 12.2.